The second-order valence-corrected chi connectivity index (χ2v) is 13.0. The quantitative estimate of drug-likeness (QED) is 0.159. The lowest BCUT2D eigenvalue weighted by Crippen LogP contribution is -2.39. The molecule has 5 aromatic rings. The van der Waals surface area contributed by atoms with Crippen molar-refractivity contribution in [2.75, 3.05) is 4.90 Å². The maximum Gasteiger partial charge on any atom is 0.0377 e. The van der Waals surface area contributed by atoms with E-state index in [0.717, 1.165) is 6.42 Å². The van der Waals surface area contributed by atoms with E-state index in [4.69, 9.17) is 0 Å². The van der Waals surface area contributed by atoms with Gasteiger partial charge in [0.05, 0.1) is 0 Å². The molecule has 5 aromatic carbocycles. The van der Waals surface area contributed by atoms with E-state index in [1.807, 2.05) is 0 Å². The van der Waals surface area contributed by atoms with E-state index >= 15 is 0 Å². The molecule has 1 fully saturated rings. The average molecular weight is 556 g/mol. The van der Waals surface area contributed by atoms with Crippen LogP contribution in [0.2, 0.25) is 0 Å². The van der Waals surface area contributed by atoms with Crippen LogP contribution in [-0.4, -0.2) is 12.1 Å². The third-order valence-corrected chi connectivity index (χ3v) is 10.9. The highest BCUT2D eigenvalue weighted by Gasteiger charge is 2.48. The lowest BCUT2D eigenvalue weighted by atomic mass is 9.74. The van der Waals surface area contributed by atoms with Gasteiger partial charge in [-0.15, -0.1) is 0 Å². The van der Waals surface area contributed by atoms with Gasteiger partial charge in [-0.25, -0.2) is 0 Å². The van der Waals surface area contributed by atoms with E-state index in [0.29, 0.717) is 29.8 Å². The van der Waals surface area contributed by atoms with Gasteiger partial charge in [0.15, 0.2) is 0 Å². The van der Waals surface area contributed by atoms with Gasteiger partial charge in [-0.2, -0.15) is 0 Å². The first-order valence-electron chi connectivity index (χ1n) is 16.3. The summed E-state index contributed by atoms with van der Waals surface area (Å²) in [5, 5.41) is 8.40. The Hall–Kier alpha value is -4.36. The fourth-order valence-electron chi connectivity index (χ4n) is 8.97. The Balaban J connectivity index is 1.11. The number of benzene rings is 5. The molecule has 5 atom stereocenters. The summed E-state index contributed by atoms with van der Waals surface area (Å²) in [4.78, 5) is 2.84. The van der Waals surface area contributed by atoms with Crippen LogP contribution in [0.25, 0.3) is 44.8 Å². The Morgan fingerprint density at radius 1 is 0.581 bits per heavy atom. The summed E-state index contributed by atoms with van der Waals surface area (Å²) in [7, 11) is 0. The molecule has 1 saturated heterocycles. The van der Waals surface area contributed by atoms with Gasteiger partial charge in [-0.3, -0.25) is 0 Å². The predicted molar refractivity (Wildman–Crippen MR) is 182 cm³/mol. The van der Waals surface area contributed by atoms with E-state index in [-0.39, 0.29) is 0 Å². The lowest BCUT2D eigenvalue weighted by molar-refractivity contribution is 0.421. The maximum absolute atomic E-state index is 2.84. The minimum absolute atomic E-state index is 0.486. The molecule has 0 radical (unpaired) electrons. The number of allylic oxidation sites excluding steroid dienone is 2. The van der Waals surface area contributed by atoms with E-state index in [2.05, 4.69) is 138 Å². The molecular weight excluding hydrogens is 518 g/mol. The highest BCUT2D eigenvalue weighted by atomic mass is 15.2. The third kappa shape index (κ3) is 4.05. The highest BCUT2D eigenvalue weighted by molar-refractivity contribution is 6.08. The van der Waals surface area contributed by atoms with E-state index in [1.165, 1.54) is 74.5 Å². The fourth-order valence-corrected chi connectivity index (χ4v) is 8.97. The van der Waals surface area contributed by atoms with Crippen molar-refractivity contribution >= 4 is 39.4 Å². The van der Waals surface area contributed by atoms with Crippen LogP contribution < -0.4 is 15.3 Å². The Morgan fingerprint density at radius 3 is 2.09 bits per heavy atom. The molecule has 0 saturated carbocycles. The van der Waals surface area contributed by atoms with Gasteiger partial charge in [0, 0.05) is 35.5 Å². The summed E-state index contributed by atoms with van der Waals surface area (Å²) in [6.45, 7) is 0. The normalized spacial score (nSPS) is 25.8. The smallest absolute Gasteiger partial charge is 0.0377 e. The number of anilines is 1. The van der Waals surface area contributed by atoms with Crippen molar-refractivity contribution in [1.82, 2.24) is 0 Å². The molecule has 0 N–H and O–H groups in total. The van der Waals surface area contributed by atoms with Gasteiger partial charge in [-0.05, 0) is 87.3 Å². The summed E-state index contributed by atoms with van der Waals surface area (Å²) in [6, 6.07) is 39.3. The highest BCUT2D eigenvalue weighted by Crippen LogP contribution is 2.49. The molecule has 3 aliphatic carbocycles. The minimum atomic E-state index is 0.486. The van der Waals surface area contributed by atoms with Crippen molar-refractivity contribution in [2.45, 2.75) is 44.2 Å². The first kappa shape index (κ1) is 25.2. The van der Waals surface area contributed by atoms with Gasteiger partial charge in [0.2, 0.25) is 0 Å². The second-order valence-electron chi connectivity index (χ2n) is 13.0. The zero-order valence-electron chi connectivity index (χ0n) is 24.6. The summed E-state index contributed by atoms with van der Waals surface area (Å²) >= 11 is 0. The van der Waals surface area contributed by atoms with Crippen LogP contribution in [0.3, 0.4) is 0 Å². The molecule has 5 unspecified atom stereocenters. The zero-order chi connectivity index (χ0) is 28.3. The Morgan fingerprint density at radius 2 is 1.28 bits per heavy atom. The average Bonchev–Trinajstić information content (AvgIpc) is 3.42. The molecule has 1 nitrogen and oxygen atoms in total. The molecule has 1 aliphatic heterocycles. The van der Waals surface area contributed by atoms with Crippen molar-refractivity contribution in [3.05, 3.63) is 137 Å². The van der Waals surface area contributed by atoms with E-state index in [9.17, 15) is 0 Å². The van der Waals surface area contributed by atoms with Crippen molar-refractivity contribution in [3.63, 3.8) is 0 Å². The Kier molecular flexibility index (Phi) is 5.93. The molecule has 1 heteroatoms. The van der Waals surface area contributed by atoms with Gasteiger partial charge in [0.25, 0.3) is 0 Å². The largest absolute Gasteiger partial charge is 0.364 e. The fraction of sp³-hybridized carbons (Fsp3) is 0.238. The summed E-state index contributed by atoms with van der Waals surface area (Å²) in [6.07, 6.45) is 18.9. The molecule has 210 valence electrons. The topological polar surface area (TPSA) is 3.24 Å². The standard InChI is InChI=1S/C42H37N/c1-2-11-28(12-3-1)29-13-10-14-32(25-29)43-41-20-9-8-19-38(41)40-27-31(22-24-42(40)43)30-21-23-37-35-17-5-4-15-33(35)34-16-6-7-18-36(34)39(37)26-30/h1-8,10-19,23,25-27,30,38,40-42H,9,20-22,24H2. The summed E-state index contributed by atoms with van der Waals surface area (Å²) < 4.78 is 0. The number of fused-ring (bicyclic) bond motifs is 9. The van der Waals surface area contributed by atoms with Crippen molar-refractivity contribution in [1.29, 1.82) is 0 Å². The monoisotopic (exact) mass is 555 g/mol. The number of nitrogens with zero attached hydrogens (tertiary/aromatic N) is 1. The molecule has 0 amide bonds. The second kappa shape index (κ2) is 10.1. The van der Waals surface area contributed by atoms with E-state index < -0.39 is 0 Å². The van der Waals surface area contributed by atoms with Crippen LogP contribution in [0, 0.1) is 17.8 Å². The number of hydrogen-bond acceptors (Lipinski definition) is 1. The molecule has 0 aromatic heterocycles. The summed E-state index contributed by atoms with van der Waals surface area (Å²) in [5.74, 6) is 1.66. The van der Waals surface area contributed by atoms with Crippen LogP contribution in [0.15, 0.2) is 127 Å². The first-order valence-corrected chi connectivity index (χ1v) is 16.3. The molecule has 0 spiro atoms. The first-order chi connectivity index (χ1) is 21.3. The lowest BCUT2D eigenvalue weighted by Gasteiger charge is -2.37. The van der Waals surface area contributed by atoms with Crippen LogP contribution in [0.4, 0.5) is 5.69 Å². The molecule has 0 bridgehead atoms. The third-order valence-electron chi connectivity index (χ3n) is 10.9. The van der Waals surface area contributed by atoms with Gasteiger partial charge < -0.3 is 4.90 Å². The van der Waals surface area contributed by atoms with Gasteiger partial charge in [-0.1, -0.05) is 127 Å². The SMILES string of the molecule is C1=CC2C3C=C(C4C=c5c(c6ccccc6c6ccccc56)=CC4)CCC3N(c3cccc(-c4ccccc4)c3)C2CC1. The Bertz CT molecular complexity index is 2050. The summed E-state index contributed by atoms with van der Waals surface area (Å²) in [5.41, 5.74) is 5.69. The van der Waals surface area contributed by atoms with Crippen molar-refractivity contribution in [2.24, 2.45) is 17.8 Å². The minimum Gasteiger partial charge on any atom is -0.364 e. The van der Waals surface area contributed by atoms with Crippen molar-refractivity contribution < 1.29 is 0 Å². The number of rotatable bonds is 3. The van der Waals surface area contributed by atoms with Crippen LogP contribution in [0.1, 0.15) is 32.1 Å². The van der Waals surface area contributed by atoms with Gasteiger partial charge >= 0.3 is 0 Å². The molecule has 4 aliphatic rings. The zero-order valence-corrected chi connectivity index (χ0v) is 24.6. The molecular formula is C42H37N. The van der Waals surface area contributed by atoms with E-state index in [1.54, 1.807) is 5.57 Å². The number of hydrogen-bond donors (Lipinski definition) is 0. The predicted octanol–water partition coefficient (Wildman–Crippen LogP) is 8.80. The van der Waals surface area contributed by atoms with Crippen LogP contribution in [-0.2, 0) is 0 Å². The Labute approximate surface area is 254 Å². The van der Waals surface area contributed by atoms with Crippen LogP contribution >= 0.6 is 0 Å². The molecule has 1 heterocycles. The molecule has 9 rings (SSSR count). The molecule has 43 heavy (non-hydrogen) atoms. The van der Waals surface area contributed by atoms with Crippen molar-refractivity contribution in [3.8, 4) is 11.1 Å². The maximum atomic E-state index is 2.84. The van der Waals surface area contributed by atoms with Crippen LogP contribution in [0.5, 0.6) is 0 Å². The van der Waals surface area contributed by atoms with Gasteiger partial charge in [0.1, 0.15) is 0 Å².